The smallest absolute Gasteiger partial charge is 0.246 e. The van der Waals surface area contributed by atoms with Crippen molar-refractivity contribution in [2.45, 2.75) is 49.8 Å². The fourth-order valence-electron chi connectivity index (χ4n) is 4.28. The zero-order chi connectivity index (χ0) is 27.7. The lowest BCUT2D eigenvalue weighted by molar-refractivity contribution is -0.200. The number of aliphatic hydroxyl groups is 3. The number of aryl methyl sites for hydroxylation is 1. The lowest BCUT2D eigenvalue weighted by Gasteiger charge is -2.40. The van der Waals surface area contributed by atoms with E-state index in [9.17, 15) is 20.1 Å². The van der Waals surface area contributed by atoms with Gasteiger partial charge >= 0.3 is 0 Å². The van der Waals surface area contributed by atoms with Crippen LogP contribution in [-0.2, 0) is 27.3 Å². The molecule has 1 aliphatic heterocycles. The summed E-state index contributed by atoms with van der Waals surface area (Å²) < 4.78 is 11.5. The van der Waals surface area contributed by atoms with Gasteiger partial charge in [-0.2, -0.15) is 0 Å². The average Bonchev–Trinajstić information content (AvgIpc) is 2.90. The number of aliphatic hydroxyl groups excluding tert-OH is 3. The van der Waals surface area contributed by atoms with Gasteiger partial charge in [-0.05, 0) is 54.5 Å². The maximum atomic E-state index is 11.9. The second kappa shape index (κ2) is 14.7. The van der Waals surface area contributed by atoms with Gasteiger partial charge in [0.1, 0.15) is 36.5 Å². The van der Waals surface area contributed by atoms with Crippen molar-refractivity contribution >= 4 is 17.7 Å². The highest BCUT2D eigenvalue weighted by Crippen LogP contribution is 2.36. The summed E-state index contributed by atoms with van der Waals surface area (Å²) in [5.41, 5.74) is 4.39. The number of nitrogens with zero attached hydrogens (tertiary/aromatic N) is 1. The molecule has 1 fully saturated rings. The van der Waals surface area contributed by atoms with Crippen molar-refractivity contribution in [1.29, 1.82) is 0 Å². The Morgan fingerprint density at radius 3 is 2.53 bits per heavy atom. The maximum absolute atomic E-state index is 11.9. The van der Waals surface area contributed by atoms with Crippen LogP contribution in [0, 0.1) is 19.3 Å². The van der Waals surface area contributed by atoms with Crippen LogP contribution in [0.3, 0.4) is 0 Å². The van der Waals surface area contributed by atoms with E-state index < -0.39 is 29.9 Å². The molecule has 0 radical (unpaired) electrons. The van der Waals surface area contributed by atoms with Gasteiger partial charge in [-0.25, -0.2) is 0 Å². The highest BCUT2D eigenvalue weighted by atomic mass is 32.2. The molecule has 0 saturated carbocycles. The first kappa shape index (κ1) is 30.1. The van der Waals surface area contributed by atoms with Gasteiger partial charge in [0.05, 0.1) is 13.2 Å². The van der Waals surface area contributed by atoms with Crippen molar-refractivity contribution in [3.63, 3.8) is 0 Å². The molecule has 9 heteroatoms. The zero-order valence-corrected chi connectivity index (χ0v) is 23.0. The Hall–Kier alpha value is -2.42. The van der Waals surface area contributed by atoms with Crippen LogP contribution in [0.1, 0.15) is 33.9 Å². The summed E-state index contributed by atoms with van der Waals surface area (Å²) >= 11 is 1.30. The molecular formula is C29H38N2O6S. The molecular weight excluding hydrogens is 504 g/mol. The number of terminal acetylenes is 1. The quantitative estimate of drug-likeness (QED) is 0.300. The third-order valence-corrected chi connectivity index (χ3v) is 7.45. The Morgan fingerprint density at radius 2 is 1.84 bits per heavy atom. The molecule has 0 aliphatic carbocycles. The van der Waals surface area contributed by atoms with Gasteiger partial charge < -0.3 is 30.1 Å². The Kier molecular flexibility index (Phi) is 11.6. The van der Waals surface area contributed by atoms with Crippen molar-refractivity contribution in [2.24, 2.45) is 0 Å². The van der Waals surface area contributed by atoms with Crippen molar-refractivity contribution in [3.05, 3.63) is 70.3 Å². The first-order chi connectivity index (χ1) is 18.2. The number of hydrogen-bond acceptors (Lipinski definition) is 8. The topological polar surface area (TPSA) is 111 Å². The highest BCUT2D eigenvalue weighted by molar-refractivity contribution is 7.99. The molecule has 8 nitrogen and oxygen atoms in total. The fraction of sp³-hybridized carbons (Fsp3) is 0.483. The molecule has 2 aromatic rings. The van der Waals surface area contributed by atoms with Crippen molar-refractivity contribution < 1.29 is 29.6 Å². The van der Waals surface area contributed by atoms with Crippen LogP contribution >= 0.6 is 11.8 Å². The zero-order valence-electron chi connectivity index (χ0n) is 22.2. The van der Waals surface area contributed by atoms with E-state index in [2.05, 4.69) is 11.2 Å². The summed E-state index contributed by atoms with van der Waals surface area (Å²) in [6.07, 6.45) is 3.35. The van der Waals surface area contributed by atoms with E-state index >= 15 is 0 Å². The number of thioether (sulfide) groups is 1. The number of benzene rings is 2. The molecule has 1 heterocycles. The number of nitrogens with one attached hydrogen (secondary N) is 1. The van der Waals surface area contributed by atoms with E-state index in [0.717, 1.165) is 27.8 Å². The highest BCUT2D eigenvalue weighted by Gasteiger charge is 2.44. The van der Waals surface area contributed by atoms with Crippen molar-refractivity contribution in [3.8, 4) is 12.3 Å². The summed E-state index contributed by atoms with van der Waals surface area (Å²) in [6.45, 7) is 4.09. The summed E-state index contributed by atoms with van der Waals surface area (Å²) in [7, 11) is 1.90. The standard InChI is InChI=1S/C29H38N2O6S/c1-5-13-31(3)14-12-30-24(32)18-36-17-21-9-7-20(8-10-21)15-23-16-22(11-6-19(23)2)28-26(34)25(33)27(35)29(37-28)38-4/h1,6-11,16,25-29,33-35H,12-15,17-18H2,2-4H3,(H,30,32)/t25-,26-,27+,28+,29-/m1/s1. The Balaban J connectivity index is 1.53. The molecule has 0 unspecified atom stereocenters. The third-order valence-electron chi connectivity index (χ3n) is 6.60. The minimum atomic E-state index is -1.28. The molecule has 5 atom stereocenters. The number of rotatable bonds is 12. The first-order valence-electron chi connectivity index (χ1n) is 12.6. The molecule has 1 aliphatic rings. The van der Waals surface area contributed by atoms with E-state index in [1.807, 2.05) is 61.3 Å². The van der Waals surface area contributed by atoms with Gasteiger partial charge in [0.25, 0.3) is 0 Å². The largest absolute Gasteiger partial charge is 0.387 e. The number of ether oxygens (including phenoxy) is 2. The lowest BCUT2D eigenvalue weighted by atomic mass is 9.91. The minimum absolute atomic E-state index is 0.00913. The molecule has 3 rings (SSSR count). The maximum Gasteiger partial charge on any atom is 0.246 e. The van der Waals surface area contributed by atoms with Crippen LogP contribution < -0.4 is 5.32 Å². The van der Waals surface area contributed by atoms with Gasteiger partial charge in [-0.1, -0.05) is 48.4 Å². The molecule has 0 bridgehead atoms. The monoisotopic (exact) mass is 542 g/mol. The molecule has 0 spiro atoms. The number of amides is 1. The second-order valence-electron chi connectivity index (χ2n) is 9.60. The van der Waals surface area contributed by atoms with E-state index in [0.29, 0.717) is 32.7 Å². The normalized spacial score (nSPS) is 23.3. The van der Waals surface area contributed by atoms with Crippen LogP contribution in [0.2, 0.25) is 0 Å². The van der Waals surface area contributed by atoms with E-state index in [-0.39, 0.29) is 12.5 Å². The second-order valence-corrected chi connectivity index (χ2v) is 10.5. The van der Waals surface area contributed by atoms with E-state index in [1.54, 1.807) is 6.26 Å². The van der Waals surface area contributed by atoms with Gasteiger partial charge in [0.15, 0.2) is 0 Å². The Labute approximate surface area is 229 Å². The predicted octanol–water partition coefficient (Wildman–Crippen LogP) is 1.63. The van der Waals surface area contributed by atoms with Crippen LogP contribution in [0.15, 0.2) is 42.5 Å². The average molecular weight is 543 g/mol. The summed E-state index contributed by atoms with van der Waals surface area (Å²) in [5, 5.41) is 33.8. The van der Waals surface area contributed by atoms with Gasteiger partial charge in [0, 0.05) is 13.1 Å². The van der Waals surface area contributed by atoms with Crippen LogP contribution in [0.5, 0.6) is 0 Å². The molecule has 206 valence electrons. The van der Waals surface area contributed by atoms with Crippen molar-refractivity contribution in [2.75, 3.05) is 39.5 Å². The molecule has 1 saturated heterocycles. The van der Waals surface area contributed by atoms with Gasteiger partial charge in [-0.3, -0.25) is 9.69 Å². The Morgan fingerprint density at radius 1 is 1.13 bits per heavy atom. The molecule has 2 aromatic carbocycles. The first-order valence-corrected chi connectivity index (χ1v) is 13.9. The number of hydrogen-bond donors (Lipinski definition) is 4. The number of carbonyl (C=O) groups is 1. The molecule has 0 aromatic heterocycles. The molecule has 1 amide bonds. The lowest BCUT2D eigenvalue weighted by Crippen LogP contribution is -2.52. The van der Waals surface area contributed by atoms with E-state index in [4.69, 9.17) is 15.9 Å². The van der Waals surface area contributed by atoms with Gasteiger partial charge in [-0.15, -0.1) is 18.2 Å². The van der Waals surface area contributed by atoms with E-state index in [1.165, 1.54) is 11.8 Å². The summed E-state index contributed by atoms with van der Waals surface area (Å²) in [5.74, 6) is 2.40. The predicted molar refractivity (Wildman–Crippen MR) is 149 cm³/mol. The van der Waals surface area contributed by atoms with Crippen LogP contribution in [0.25, 0.3) is 0 Å². The Bertz CT molecular complexity index is 1090. The molecule has 4 N–H and O–H groups in total. The minimum Gasteiger partial charge on any atom is -0.387 e. The van der Waals surface area contributed by atoms with Crippen LogP contribution in [-0.4, -0.2) is 89.4 Å². The fourth-order valence-corrected chi connectivity index (χ4v) is 4.95. The summed E-state index contributed by atoms with van der Waals surface area (Å²) in [6, 6.07) is 13.9. The van der Waals surface area contributed by atoms with Crippen molar-refractivity contribution in [1.82, 2.24) is 10.2 Å². The number of carbonyl (C=O) groups excluding carboxylic acids is 1. The molecule has 38 heavy (non-hydrogen) atoms. The summed E-state index contributed by atoms with van der Waals surface area (Å²) in [4.78, 5) is 13.9. The third kappa shape index (κ3) is 8.29. The van der Waals surface area contributed by atoms with Gasteiger partial charge in [0.2, 0.25) is 5.91 Å². The number of likely N-dealkylation sites (N-methyl/N-ethyl adjacent to an activating group) is 1. The SMILES string of the molecule is C#CCN(C)CCNC(=O)COCc1ccc(Cc2cc([C@@H]3O[C@H](SC)[C@@H](O)[C@H](O)[C@H]3O)ccc2C)cc1. The van der Waals surface area contributed by atoms with Crippen LogP contribution in [0.4, 0.5) is 0 Å².